The van der Waals surface area contributed by atoms with E-state index in [0.29, 0.717) is 5.13 Å². The predicted octanol–water partition coefficient (Wildman–Crippen LogP) is 3.46. The molecule has 0 unspecified atom stereocenters. The number of carbonyl (C=O) groups is 2. The fourth-order valence-corrected chi connectivity index (χ4v) is 3.29. The molecule has 9 heteroatoms. The van der Waals surface area contributed by atoms with E-state index in [1.165, 1.54) is 28.4 Å². The Morgan fingerprint density at radius 1 is 1.40 bits per heavy atom. The maximum atomic E-state index is 12.8. The molecular formula is C16H14F3N3O2S. The van der Waals surface area contributed by atoms with Gasteiger partial charge in [0.25, 0.3) is 0 Å². The van der Waals surface area contributed by atoms with Crippen molar-refractivity contribution >= 4 is 34.0 Å². The molecule has 1 atom stereocenters. The largest absolute Gasteiger partial charge is 0.416 e. The SMILES string of the molecule is Cc1csc(NC(=O)[C@@H]2CC(=O)N(c3cccc(C(F)(F)F)c3)C2)n1. The van der Waals surface area contributed by atoms with Crippen LogP contribution >= 0.6 is 11.3 Å². The van der Waals surface area contributed by atoms with Crippen molar-refractivity contribution in [2.45, 2.75) is 19.5 Å². The van der Waals surface area contributed by atoms with Gasteiger partial charge < -0.3 is 10.2 Å². The number of aryl methyl sites for hydroxylation is 1. The van der Waals surface area contributed by atoms with Crippen LogP contribution in [-0.2, 0) is 15.8 Å². The van der Waals surface area contributed by atoms with E-state index in [1.807, 2.05) is 0 Å². The predicted molar refractivity (Wildman–Crippen MR) is 87.4 cm³/mol. The molecule has 5 nitrogen and oxygen atoms in total. The van der Waals surface area contributed by atoms with E-state index in [9.17, 15) is 22.8 Å². The minimum Gasteiger partial charge on any atom is -0.312 e. The number of benzene rings is 1. The number of aromatic nitrogens is 1. The van der Waals surface area contributed by atoms with Gasteiger partial charge in [-0.1, -0.05) is 6.07 Å². The van der Waals surface area contributed by atoms with Crippen molar-refractivity contribution in [3.63, 3.8) is 0 Å². The molecule has 3 rings (SSSR count). The van der Waals surface area contributed by atoms with Gasteiger partial charge in [-0.15, -0.1) is 11.3 Å². The summed E-state index contributed by atoms with van der Waals surface area (Å²) in [5.74, 6) is -1.38. The Hall–Kier alpha value is -2.42. The molecule has 2 amide bonds. The van der Waals surface area contributed by atoms with Gasteiger partial charge >= 0.3 is 6.18 Å². The number of amides is 2. The van der Waals surface area contributed by atoms with E-state index in [4.69, 9.17) is 0 Å². The van der Waals surface area contributed by atoms with Gasteiger partial charge in [-0.2, -0.15) is 13.2 Å². The van der Waals surface area contributed by atoms with Crippen LogP contribution in [0, 0.1) is 12.8 Å². The number of halogens is 3. The summed E-state index contributed by atoms with van der Waals surface area (Å²) in [5, 5.41) is 4.86. The lowest BCUT2D eigenvalue weighted by Crippen LogP contribution is -2.28. The number of nitrogens with zero attached hydrogens (tertiary/aromatic N) is 2. The Bertz CT molecular complexity index is 819. The van der Waals surface area contributed by atoms with Gasteiger partial charge in [0.15, 0.2) is 5.13 Å². The highest BCUT2D eigenvalue weighted by atomic mass is 32.1. The molecule has 132 valence electrons. The molecule has 1 aromatic heterocycles. The van der Waals surface area contributed by atoms with Crippen LogP contribution in [-0.4, -0.2) is 23.3 Å². The van der Waals surface area contributed by atoms with E-state index in [1.54, 1.807) is 12.3 Å². The standard InChI is InChI=1S/C16H14F3N3O2S/c1-9-8-25-15(20-9)21-14(24)10-5-13(23)22(7-10)12-4-2-3-11(6-12)16(17,18)19/h2-4,6,8,10H,5,7H2,1H3,(H,20,21,24)/t10-/m1/s1. The number of carbonyl (C=O) groups excluding carboxylic acids is 2. The van der Waals surface area contributed by atoms with Crippen LogP contribution in [0.2, 0.25) is 0 Å². The van der Waals surface area contributed by atoms with Crippen molar-refractivity contribution in [2.24, 2.45) is 5.92 Å². The van der Waals surface area contributed by atoms with Crippen molar-refractivity contribution in [1.82, 2.24) is 4.98 Å². The van der Waals surface area contributed by atoms with Gasteiger partial charge in [0, 0.05) is 24.0 Å². The number of hydrogen-bond donors (Lipinski definition) is 1. The Kier molecular flexibility index (Phi) is 4.51. The molecule has 1 N–H and O–H groups in total. The highest BCUT2D eigenvalue weighted by Crippen LogP contribution is 2.33. The van der Waals surface area contributed by atoms with Crippen molar-refractivity contribution < 1.29 is 22.8 Å². The van der Waals surface area contributed by atoms with Gasteiger partial charge in [0.05, 0.1) is 17.2 Å². The lowest BCUT2D eigenvalue weighted by atomic mass is 10.1. The number of rotatable bonds is 3. The summed E-state index contributed by atoms with van der Waals surface area (Å²) >= 11 is 1.27. The van der Waals surface area contributed by atoms with Crippen molar-refractivity contribution in [2.75, 3.05) is 16.8 Å². The van der Waals surface area contributed by atoms with Crippen LogP contribution in [0.3, 0.4) is 0 Å². The smallest absolute Gasteiger partial charge is 0.312 e. The molecule has 0 bridgehead atoms. The first-order valence-corrected chi connectivity index (χ1v) is 8.32. The first-order chi connectivity index (χ1) is 11.7. The molecule has 1 saturated heterocycles. The monoisotopic (exact) mass is 369 g/mol. The zero-order chi connectivity index (χ0) is 18.2. The van der Waals surface area contributed by atoms with Gasteiger partial charge in [0.2, 0.25) is 11.8 Å². The molecule has 0 saturated carbocycles. The minimum atomic E-state index is -4.49. The fraction of sp³-hybridized carbons (Fsp3) is 0.312. The molecule has 1 aromatic carbocycles. The average molecular weight is 369 g/mol. The molecular weight excluding hydrogens is 355 g/mol. The lowest BCUT2D eigenvalue weighted by molar-refractivity contribution is -0.137. The number of thiazole rings is 1. The molecule has 0 spiro atoms. The topological polar surface area (TPSA) is 62.3 Å². The molecule has 25 heavy (non-hydrogen) atoms. The second-order valence-corrected chi connectivity index (χ2v) is 6.59. The first-order valence-electron chi connectivity index (χ1n) is 7.44. The van der Waals surface area contributed by atoms with E-state index in [0.717, 1.165) is 17.8 Å². The molecule has 0 radical (unpaired) electrons. The average Bonchev–Trinajstić information content (AvgIpc) is 3.12. The summed E-state index contributed by atoms with van der Waals surface area (Å²) < 4.78 is 38.5. The van der Waals surface area contributed by atoms with Crippen LogP contribution in [0.15, 0.2) is 29.6 Å². The zero-order valence-electron chi connectivity index (χ0n) is 13.1. The second kappa shape index (κ2) is 6.47. The van der Waals surface area contributed by atoms with Gasteiger partial charge in [0.1, 0.15) is 0 Å². The summed E-state index contributed by atoms with van der Waals surface area (Å²) in [6.07, 6.45) is -4.54. The number of anilines is 2. The third-order valence-electron chi connectivity index (χ3n) is 3.83. The van der Waals surface area contributed by atoms with Gasteiger partial charge in [-0.3, -0.25) is 9.59 Å². The molecule has 2 heterocycles. The Balaban J connectivity index is 1.73. The molecule has 1 aliphatic rings. The van der Waals surface area contributed by atoms with E-state index >= 15 is 0 Å². The van der Waals surface area contributed by atoms with Crippen molar-refractivity contribution in [3.05, 3.63) is 40.9 Å². The molecule has 1 aliphatic heterocycles. The van der Waals surface area contributed by atoms with E-state index < -0.39 is 17.7 Å². The summed E-state index contributed by atoms with van der Waals surface area (Å²) in [7, 11) is 0. The third kappa shape index (κ3) is 3.81. The Labute approximate surface area is 145 Å². The molecule has 0 aliphatic carbocycles. The summed E-state index contributed by atoms with van der Waals surface area (Å²) in [5.41, 5.74) is 0.0811. The van der Waals surface area contributed by atoms with E-state index in [2.05, 4.69) is 10.3 Å². The second-order valence-electron chi connectivity index (χ2n) is 5.74. The third-order valence-corrected chi connectivity index (χ3v) is 4.71. The Morgan fingerprint density at radius 2 is 2.16 bits per heavy atom. The molecule has 1 fully saturated rings. The van der Waals surface area contributed by atoms with Crippen LogP contribution in [0.5, 0.6) is 0 Å². The quantitative estimate of drug-likeness (QED) is 0.901. The van der Waals surface area contributed by atoms with Crippen LogP contribution in [0.4, 0.5) is 24.0 Å². The summed E-state index contributed by atoms with van der Waals surface area (Å²) in [4.78, 5) is 29.8. The highest BCUT2D eigenvalue weighted by molar-refractivity contribution is 7.13. The number of nitrogens with one attached hydrogen (secondary N) is 1. The normalized spacial score (nSPS) is 17.8. The first kappa shape index (κ1) is 17.4. The summed E-state index contributed by atoms with van der Waals surface area (Å²) in [6, 6.07) is 4.54. The number of hydrogen-bond acceptors (Lipinski definition) is 4. The fourth-order valence-electron chi connectivity index (χ4n) is 2.60. The minimum absolute atomic E-state index is 0.0380. The molecule has 2 aromatic rings. The zero-order valence-corrected chi connectivity index (χ0v) is 13.9. The summed E-state index contributed by atoms with van der Waals surface area (Å²) in [6.45, 7) is 1.83. The van der Waals surface area contributed by atoms with Gasteiger partial charge in [-0.25, -0.2) is 4.98 Å². The maximum Gasteiger partial charge on any atom is 0.416 e. The Morgan fingerprint density at radius 3 is 2.80 bits per heavy atom. The van der Waals surface area contributed by atoms with Crippen LogP contribution in [0.25, 0.3) is 0 Å². The maximum absolute atomic E-state index is 12.8. The highest BCUT2D eigenvalue weighted by Gasteiger charge is 2.37. The van der Waals surface area contributed by atoms with Crippen LogP contribution in [0.1, 0.15) is 17.7 Å². The van der Waals surface area contributed by atoms with Gasteiger partial charge in [-0.05, 0) is 25.1 Å². The number of alkyl halides is 3. The van der Waals surface area contributed by atoms with Crippen molar-refractivity contribution in [3.8, 4) is 0 Å². The lowest BCUT2D eigenvalue weighted by Gasteiger charge is -2.18. The van der Waals surface area contributed by atoms with E-state index in [-0.39, 0.29) is 30.5 Å². The van der Waals surface area contributed by atoms with Crippen LogP contribution < -0.4 is 10.2 Å². The van der Waals surface area contributed by atoms with Crippen molar-refractivity contribution in [1.29, 1.82) is 0 Å².